The van der Waals surface area contributed by atoms with Crippen LogP contribution in [0, 0.1) is 6.92 Å². The van der Waals surface area contributed by atoms with Gasteiger partial charge in [-0.05, 0) is 18.5 Å². The Hall–Kier alpha value is -1.47. The fourth-order valence-corrected chi connectivity index (χ4v) is 2.13. The molecule has 0 saturated carbocycles. The van der Waals surface area contributed by atoms with Crippen LogP contribution in [0.25, 0.3) is 0 Å². The maximum Gasteiger partial charge on any atom is 0.322 e. The Morgan fingerprint density at radius 2 is 2.24 bits per heavy atom. The van der Waals surface area contributed by atoms with Gasteiger partial charge in [-0.2, -0.15) is 15.0 Å². The number of nitrogen functional groups attached to an aromatic ring is 1. The highest BCUT2D eigenvalue weighted by atomic mass is 35.5. The van der Waals surface area contributed by atoms with Crippen molar-refractivity contribution < 1.29 is 4.74 Å². The average molecular weight is 272 g/mol. The fourth-order valence-electron chi connectivity index (χ4n) is 1.21. The molecule has 6 nitrogen and oxygen atoms in total. The lowest BCUT2D eigenvalue weighted by atomic mass is 10.3. The van der Waals surface area contributed by atoms with Crippen molar-refractivity contribution in [2.45, 2.75) is 13.3 Å². The SMILES string of the molecule is Cc1ncsc1CCOc1nc(N)nc(Cl)n1. The number of hydrogen-bond donors (Lipinski definition) is 1. The monoisotopic (exact) mass is 271 g/mol. The summed E-state index contributed by atoms with van der Waals surface area (Å²) in [5.41, 5.74) is 8.24. The van der Waals surface area contributed by atoms with Crippen LogP contribution >= 0.6 is 22.9 Å². The number of rotatable bonds is 4. The van der Waals surface area contributed by atoms with Gasteiger partial charge < -0.3 is 10.5 Å². The van der Waals surface area contributed by atoms with Crippen molar-refractivity contribution in [3.63, 3.8) is 0 Å². The van der Waals surface area contributed by atoms with Crippen LogP contribution in [-0.2, 0) is 6.42 Å². The maximum absolute atomic E-state index is 5.62. The molecule has 0 spiro atoms. The lowest BCUT2D eigenvalue weighted by Gasteiger charge is -2.03. The molecule has 0 saturated heterocycles. The van der Waals surface area contributed by atoms with Crippen molar-refractivity contribution in [3.8, 4) is 6.01 Å². The normalized spacial score (nSPS) is 10.5. The van der Waals surface area contributed by atoms with E-state index in [4.69, 9.17) is 22.1 Å². The first-order chi connectivity index (χ1) is 8.15. The van der Waals surface area contributed by atoms with Crippen LogP contribution in [0.2, 0.25) is 5.28 Å². The molecule has 0 radical (unpaired) electrons. The van der Waals surface area contributed by atoms with Gasteiger partial charge in [-0.1, -0.05) is 0 Å². The van der Waals surface area contributed by atoms with Gasteiger partial charge in [0.1, 0.15) is 0 Å². The van der Waals surface area contributed by atoms with Crippen LogP contribution < -0.4 is 10.5 Å². The largest absolute Gasteiger partial charge is 0.463 e. The van der Waals surface area contributed by atoms with Gasteiger partial charge in [0.05, 0.1) is 17.8 Å². The Balaban J connectivity index is 1.92. The lowest BCUT2D eigenvalue weighted by molar-refractivity contribution is 0.296. The van der Waals surface area contributed by atoms with Crippen molar-refractivity contribution in [2.24, 2.45) is 0 Å². The molecule has 2 aromatic rings. The highest BCUT2D eigenvalue weighted by Gasteiger charge is 2.05. The molecule has 8 heteroatoms. The number of halogens is 1. The lowest BCUT2D eigenvalue weighted by Crippen LogP contribution is -2.06. The second-order valence-corrected chi connectivity index (χ2v) is 4.48. The number of aryl methyl sites for hydroxylation is 1. The van der Waals surface area contributed by atoms with Gasteiger partial charge in [0.15, 0.2) is 0 Å². The van der Waals surface area contributed by atoms with Gasteiger partial charge >= 0.3 is 6.01 Å². The van der Waals surface area contributed by atoms with Gasteiger partial charge in [0.25, 0.3) is 0 Å². The van der Waals surface area contributed by atoms with Crippen LogP contribution in [0.4, 0.5) is 5.95 Å². The van der Waals surface area contributed by atoms with Crippen LogP contribution in [0.1, 0.15) is 10.6 Å². The van der Waals surface area contributed by atoms with E-state index in [2.05, 4.69) is 19.9 Å². The van der Waals surface area contributed by atoms with Crippen LogP contribution in [0.3, 0.4) is 0 Å². The minimum Gasteiger partial charge on any atom is -0.463 e. The minimum absolute atomic E-state index is 0.0291. The van der Waals surface area contributed by atoms with Crippen molar-refractivity contribution in [1.82, 2.24) is 19.9 Å². The van der Waals surface area contributed by atoms with Crippen molar-refractivity contribution in [3.05, 3.63) is 21.4 Å². The molecule has 0 aliphatic carbocycles. The molecule has 0 aliphatic heterocycles. The highest BCUT2D eigenvalue weighted by Crippen LogP contribution is 2.14. The summed E-state index contributed by atoms with van der Waals surface area (Å²) in [6.07, 6.45) is 0.750. The molecule has 17 heavy (non-hydrogen) atoms. The van der Waals surface area contributed by atoms with Crippen LogP contribution in [0.5, 0.6) is 6.01 Å². The van der Waals surface area contributed by atoms with Crippen molar-refractivity contribution in [2.75, 3.05) is 12.3 Å². The summed E-state index contributed by atoms with van der Waals surface area (Å²) >= 11 is 7.22. The summed E-state index contributed by atoms with van der Waals surface area (Å²) in [7, 11) is 0. The van der Waals surface area contributed by atoms with E-state index < -0.39 is 0 Å². The third kappa shape index (κ3) is 3.24. The molecule has 2 N–H and O–H groups in total. The summed E-state index contributed by atoms with van der Waals surface area (Å²) in [6, 6.07) is 0.143. The first-order valence-electron chi connectivity index (χ1n) is 4.84. The number of ether oxygens (including phenoxy) is 1. The number of nitrogens with two attached hydrogens (primary N) is 1. The quantitative estimate of drug-likeness (QED) is 0.907. The number of hydrogen-bond acceptors (Lipinski definition) is 7. The molecule has 2 aromatic heterocycles. The van der Waals surface area contributed by atoms with E-state index in [0.29, 0.717) is 6.61 Å². The van der Waals surface area contributed by atoms with E-state index in [1.165, 1.54) is 4.88 Å². The first kappa shape index (κ1) is 12.0. The summed E-state index contributed by atoms with van der Waals surface area (Å²) in [5.74, 6) is 0.0500. The Bertz CT molecular complexity index is 498. The predicted molar refractivity (Wildman–Crippen MR) is 65.3 cm³/mol. The number of anilines is 1. The highest BCUT2D eigenvalue weighted by molar-refractivity contribution is 7.09. The second kappa shape index (κ2) is 5.24. The molecular weight excluding hydrogens is 262 g/mol. The molecular formula is C9H10ClN5OS. The van der Waals surface area contributed by atoms with E-state index in [9.17, 15) is 0 Å². The number of thiazole rings is 1. The Labute approximate surface area is 107 Å². The van der Waals surface area contributed by atoms with E-state index in [1.54, 1.807) is 11.3 Å². The number of aromatic nitrogens is 4. The van der Waals surface area contributed by atoms with E-state index in [1.807, 2.05) is 12.4 Å². The molecule has 0 bridgehead atoms. The molecule has 0 fully saturated rings. The molecule has 0 aliphatic rings. The summed E-state index contributed by atoms with van der Waals surface area (Å²) in [5, 5.41) is 0.0291. The van der Waals surface area contributed by atoms with Gasteiger partial charge in [-0.15, -0.1) is 11.3 Å². The second-order valence-electron chi connectivity index (χ2n) is 3.20. The molecule has 0 aromatic carbocycles. The standard InChI is InChI=1S/C9H10ClN5OS/c1-5-6(17-4-12-5)2-3-16-9-14-7(10)13-8(11)15-9/h4H,2-3H2,1H3,(H2,11,13,14,15). The van der Waals surface area contributed by atoms with Crippen LogP contribution in [0.15, 0.2) is 5.51 Å². The number of nitrogens with zero attached hydrogens (tertiary/aromatic N) is 4. The third-order valence-corrected chi connectivity index (χ3v) is 3.17. The molecule has 2 heterocycles. The zero-order chi connectivity index (χ0) is 12.3. The molecule has 0 amide bonds. The predicted octanol–water partition coefficient (Wildman–Crippen LogP) is 1.49. The zero-order valence-electron chi connectivity index (χ0n) is 9.05. The van der Waals surface area contributed by atoms with Gasteiger partial charge in [0.2, 0.25) is 11.2 Å². The third-order valence-electron chi connectivity index (χ3n) is 2.01. The van der Waals surface area contributed by atoms with Gasteiger partial charge in [-0.3, -0.25) is 0 Å². The Morgan fingerprint density at radius 1 is 1.41 bits per heavy atom. The van der Waals surface area contributed by atoms with Gasteiger partial charge in [-0.25, -0.2) is 4.98 Å². The smallest absolute Gasteiger partial charge is 0.322 e. The first-order valence-corrected chi connectivity index (χ1v) is 6.09. The summed E-state index contributed by atoms with van der Waals surface area (Å²) < 4.78 is 5.35. The van der Waals surface area contributed by atoms with E-state index in [0.717, 1.165) is 12.1 Å². The summed E-state index contributed by atoms with van der Waals surface area (Å²) in [6.45, 7) is 2.41. The molecule has 0 atom stereocenters. The van der Waals surface area contributed by atoms with Gasteiger partial charge in [0, 0.05) is 11.3 Å². The minimum atomic E-state index is 0.0291. The topological polar surface area (TPSA) is 86.8 Å². The zero-order valence-corrected chi connectivity index (χ0v) is 10.6. The van der Waals surface area contributed by atoms with Crippen molar-refractivity contribution in [1.29, 1.82) is 0 Å². The van der Waals surface area contributed by atoms with Crippen LogP contribution in [-0.4, -0.2) is 26.5 Å². The van der Waals surface area contributed by atoms with E-state index in [-0.39, 0.29) is 17.2 Å². The molecule has 0 unspecified atom stereocenters. The van der Waals surface area contributed by atoms with Crippen molar-refractivity contribution >= 4 is 28.9 Å². The molecule has 90 valence electrons. The molecule has 2 rings (SSSR count). The maximum atomic E-state index is 5.62. The van der Waals surface area contributed by atoms with E-state index >= 15 is 0 Å². The Morgan fingerprint density at radius 3 is 2.88 bits per heavy atom. The summed E-state index contributed by atoms with van der Waals surface area (Å²) in [4.78, 5) is 16.6. The average Bonchev–Trinajstić information content (AvgIpc) is 2.63. The Kier molecular flexibility index (Phi) is 3.70. The fraction of sp³-hybridized carbons (Fsp3) is 0.333.